The first-order chi connectivity index (χ1) is 9.04. The van der Waals surface area contributed by atoms with E-state index in [1.807, 2.05) is 0 Å². The Labute approximate surface area is 126 Å². The van der Waals surface area contributed by atoms with Crippen LogP contribution in [-0.4, -0.2) is 22.0 Å². The normalized spacial score (nSPS) is 25.3. The fraction of sp³-hybridized carbons (Fsp3) is 0.625. The lowest BCUT2D eigenvalue weighted by molar-refractivity contribution is 0.627. The third kappa shape index (κ3) is 3.32. The maximum atomic E-state index is 6.62. The van der Waals surface area contributed by atoms with E-state index in [0.717, 1.165) is 0 Å². The molecule has 2 rings (SSSR count). The van der Waals surface area contributed by atoms with E-state index in [-0.39, 0.29) is 6.04 Å². The zero-order valence-electron chi connectivity index (χ0n) is 12.4. The second-order valence-corrected chi connectivity index (χ2v) is 8.10. The van der Waals surface area contributed by atoms with Crippen molar-refractivity contribution < 1.29 is 0 Å². The van der Waals surface area contributed by atoms with Crippen molar-refractivity contribution in [2.24, 2.45) is 5.73 Å². The lowest BCUT2D eigenvalue weighted by Gasteiger charge is -2.35. The molecule has 3 heteroatoms. The van der Waals surface area contributed by atoms with Gasteiger partial charge in [0.15, 0.2) is 0 Å². The zero-order chi connectivity index (χ0) is 14.0. The summed E-state index contributed by atoms with van der Waals surface area (Å²) < 4.78 is 0. The van der Waals surface area contributed by atoms with E-state index < -0.39 is 0 Å². The third-order valence-electron chi connectivity index (χ3n) is 4.09. The van der Waals surface area contributed by atoms with E-state index >= 15 is 0 Å². The van der Waals surface area contributed by atoms with Crippen molar-refractivity contribution >= 4 is 23.5 Å². The molecule has 0 aromatic heterocycles. The maximum absolute atomic E-state index is 6.62. The van der Waals surface area contributed by atoms with E-state index in [4.69, 9.17) is 5.73 Å². The third-order valence-corrected chi connectivity index (χ3v) is 7.46. The number of aryl methyl sites for hydroxylation is 3. The molecule has 1 nitrogen and oxygen atoms in total. The van der Waals surface area contributed by atoms with Gasteiger partial charge in [0.05, 0.1) is 0 Å². The maximum Gasteiger partial charge on any atom is 0.0429 e. The molecule has 0 spiro atoms. The quantitative estimate of drug-likeness (QED) is 0.903. The van der Waals surface area contributed by atoms with Gasteiger partial charge in [0, 0.05) is 28.0 Å². The Kier molecular flexibility index (Phi) is 5.27. The highest BCUT2D eigenvalue weighted by molar-refractivity contribution is 8.07. The zero-order valence-corrected chi connectivity index (χ0v) is 14.0. The van der Waals surface area contributed by atoms with Gasteiger partial charge in [0.25, 0.3) is 0 Å². The second kappa shape index (κ2) is 6.55. The van der Waals surface area contributed by atoms with Crippen LogP contribution < -0.4 is 5.73 Å². The minimum atomic E-state index is 0.169. The number of hydrogen-bond donors (Lipinski definition) is 1. The van der Waals surface area contributed by atoms with Crippen LogP contribution in [0.15, 0.2) is 12.1 Å². The van der Waals surface area contributed by atoms with Gasteiger partial charge in [-0.3, -0.25) is 0 Å². The molecule has 0 saturated carbocycles. The van der Waals surface area contributed by atoms with Gasteiger partial charge in [-0.1, -0.05) is 19.1 Å². The minimum Gasteiger partial charge on any atom is -0.323 e. The van der Waals surface area contributed by atoms with Gasteiger partial charge in [0.1, 0.15) is 0 Å². The summed E-state index contributed by atoms with van der Waals surface area (Å²) in [6.45, 7) is 8.85. The van der Waals surface area contributed by atoms with E-state index in [2.05, 4.69) is 63.4 Å². The average molecular weight is 296 g/mol. The number of nitrogens with two attached hydrogens (primary N) is 1. The highest BCUT2D eigenvalue weighted by Crippen LogP contribution is 2.40. The van der Waals surface area contributed by atoms with Gasteiger partial charge >= 0.3 is 0 Å². The van der Waals surface area contributed by atoms with E-state index in [0.29, 0.717) is 10.5 Å². The lowest BCUT2D eigenvalue weighted by atomic mass is 9.93. The number of benzene rings is 1. The molecule has 2 N–H and O–H groups in total. The summed E-state index contributed by atoms with van der Waals surface area (Å²) in [5.41, 5.74) is 12.0. The van der Waals surface area contributed by atoms with E-state index in [1.54, 1.807) is 0 Å². The van der Waals surface area contributed by atoms with Gasteiger partial charge in [-0.05, 0) is 49.4 Å². The Balaban J connectivity index is 2.27. The summed E-state index contributed by atoms with van der Waals surface area (Å²) in [5, 5.41) is 1.26. The van der Waals surface area contributed by atoms with Crippen LogP contribution in [0.3, 0.4) is 0 Å². The number of thioether (sulfide) groups is 2. The molecule has 1 fully saturated rings. The SMILES string of the molecule is CCC1SCCSC1C(N)c1cc(C)c(C)cc1C. The standard InChI is InChI=1S/C16H25NS2/c1-5-14-16(19-7-6-18-14)15(17)13-9-11(3)10(2)8-12(13)4/h8-9,14-16H,5-7,17H2,1-4H3. The molecule has 1 saturated heterocycles. The van der Waals surface area contributed by atoms with E-state index in [1.165, 1.54) is 40.2 Å². The van der Waals surface area contributed by atoms with Crippen LogP contribution in [0, 0.1) is 20.8 Å². The predicted octanol–water partition coefficient (Wildman–Crippen LogP) is 4.24. The molecular weight excluding hydrogens is 270 g/mol. The van der Waals surface area contributed by atoms with Gasteiger partial charge in [-0.15, -0.1) is 0 Å². The molecule has 1 aromatic carbocycles. The van der Waals surface area contributed by atoms with Crippen LogP contribution in [0.1, 0.15) is 41.6 Å². The fourth-order valence-corrected chi connectivity index (χ4v) is 5.96. The molecular formula is C16H25NS2. The number of hydrogen-bond acceptors (Lipinski definition) is 3. The first kappa shape index (κ1) is 15.3. The minimum absolute atomic E-state index is 0.169. The molecule has 1 aliphatic heterocycles. The topological polar surface area (TPSA) is 26.0 Å². The molecule has 3 atom stereocenters. The molecule has 1 heterocycles. The average Bonchev–Trinajstić information content (AvgIpc) is 2.42. The molecule has 1 aliphatic rings. The molecule has 0 amide bonds. The summed E-state index contributed by atoms with van der Waals surface area (Å²) in [7, 11) is 0. The van der Waals surface area contributed by atoms with Crippen molar-refractivity contribution in [1.29, 1.82) is 0 Å². The Hall–Kier alpha value is -0.120. The van der Waals surface area contributed by atoms with Gasteiger partial charge in [0.2, 0.25) is 0 Å². The molecule has 0 aliphatic carbocycles. The first-order valence-electron chi connectivity index (χ1n) is 7.11. The Morgan fingerprint density at radius 1 is 1.11 bits per heavy atom. The van der Waals surface area contributed by atoms with Crippen molar-refractivity contribution in [3.8, 4) is 0 Å². The Morgan fingerprint density at radius 2 is 1.74 bits per heavy atom. The van der Waals surface area contributed by atoms with Crippen LogP contribution in [0.2, 0.25) is 0 Å². The summed E-state index contributed by atoms with van der Waals surface area (Å²) in [5.74, 6) is 2.52. The van der Waals surface area contributed by atoms with Crippen LogP contribution in [0.4, 0.5) is 0 Å². The van der Waals surface area contributed by atoms with Crippen molar-refractivity contribution in [3.63, 3.8) is 0 Å². The van der Waals surface area contributed by atoms with Gasteiger partial charge < -0.3 is 5.73 Å². The van der Waals surface area contributed by atoms with Crippen molar-refractivity contribution in [2.75, 3.05) is 11.5 Å². The van der Waals surface area contributed by atoms with Crippen molar-refractivity contribution in [1.82, 2.24) is 0 Å². The van der Waals surface area contributed by atoms with Crippen molar-refractivity contribution in [2.45, 2.75) is 50.7 Å². The van der Waals surface area contributed by atoms with Crippen LogP contribution in [0.5, 0.6) is 0 Å². The lowest BCUT2D eigenvalue weighted by Crippen LogP contribution is -2.36. The van der Waals surface area contributed by atoms with Gasteiger partial charge in [-0.25, -0.2) is 0 Å². The van der Waals surface area contributed by atoms with Crippen LogP contribution in [0.25, 0.3) is 0 Å². The fourth-order valence-electron chi connectivity index (χ4n) is 2.79. The smallest absolute Gasteiger partial charge is 0.0429 e. The molecule has 19 heavy (non-hydrogen) atoms. The molecule has 106 valence electrons. The largest absolute Gasteiger partial charge is 0.323 e. The summed E-state index contributed by atoms with van der Waals surface area (Å²) in [6, 6.07) is 4.76. The van der Waals surface area contributed by atoms with Gasteiger partial charge in [-0.2, -0.15) is 23.5 Å². The molecule has 0 radical (unpaired) electrons. The summed E-state index contributed by atoms with van der Waals surface area (Å²) in [6.07, 6.45) is 1.22. The van der Waals surface area contributed by atoms with Crippen LogP contribution in [-0.2, 0) is 0 Å². The summed E-state index contributed by atoms with van der Waals surface area (Å²) in [4.78, 5) is 0. The van der Waals surface area contributed by atoms with Crippen molar-refractivity contribution in [3.05, 3.63) is 34.4 Å². The highest BCUT2D eigenvalue weighted by atomic mass is 32.2. The first-order valence-corrected chi connectivity index (χ1v) is 9.20. The predicted molar refractivity (Wildman–Crippen MR) is 90.4 cm³/mol. The monoisotopic (exact) mass is 295 g/mol. The summed E-state index contributed by atoms with van der Waals surface area (Å²) >= 11 is 4.18. The van der Waals surface area contributed by atoms with E-state index in [9.17, 15) is 0 Å². The molecule has 0 bridgehead atoms. The second-order valence-electron chi connectivity index (χ2n) is 5.47. The highest BCUT2D eigenvalue weighted by Gasteiger charge is 2.31. The Morgan fingerprint density at radius 3 is 2.42 bits per heavy atom. The molecule has 3 unspecified atom stereocenters. The number of rotatable bonds is 3. The van der Waals surface area contributed by atoms with Crippen LogP contribution >= 0.6 is 23.5 Å². The Bertz CT molecular complexity index is 445. The molecule has 1 aromatic rings.